The van der Waals surface area contributed by atoms with Gasteiger partial charge in [0.1, 0.15) is 5.82 Å². The Balaban J connectivity index is 1.87. The molecule has 0 amide bonds. The Hall–Kier alpha value is -0.990. The van der Waals surface area contributed by atoms with Gasteiger partial charge in [-0.15, -0.1) is 0 Å². The Morgan fingerprint density at radius 3 is 2.85 bits per heavy atom. The molecule has 3 atom stereocenters. The summed E-state index contributed by atoms with van der Waals surface area (Å²) in [6, 6.07) is 2.01. The molecule has 13 heavy (non-hydrogen) atoms. The highest BCUT2D eigenvalue weighted by molar-refractivity contribution is 5.31. The van der Waals surface area contributed by atoms with Crippen LogP contribution in [0.4, 0.5) is 5.82 Å². The molecule has 0 spiro atoms. The Labute approximate surface area is 77.7 Å². The first-order chi connectivity index (χ1) is 6.33. The van der Waals surface area contributed by atoms with E-state index in [4.69, 9.17) is 5.73 Å². The highest BCUT2D eigenvalue weighted by Gasteiger charge is 2.40. The van der Waals surface area contributed by atoms with Crippen molar-refractivity contribution in [3.63, 3.8) is 0 Å². The van der Waals surface area contributed by atoms with Crippen molar-refractivity contribution in [1.29, 1.82) is 0 Å². The maximum absolute atomic E-state index is 5.60. The zero-order valence-corrected chi connectivity index (χ0v) is 7.66. The lowest BCUT2D eigenvalue weighted by atomic mass is 9.86. The molecular formula is C10H15N3. The molecule has 3 heteroatoms. The second-order valence-electron chi connectivity index (χ2n) is 4.53. The molecule has 2 aliphatic rings. The fraction of sp³-hybridized carbons (Fsp3) is 0.700. The van der Waals surface area contributed by atoms with E-state index >= 15 is 0 Å². The van der Waals surface area contributed by atoms with Crippen molar-refractivity contribution in [2.24, 2.45) is 11.8 Å². The Morgan fingerprint density at radius 1 is 1.38 bits per heavy atom. The van der Waals surface area contributed by atoms with Crippen molar-refractivity contribution in [2.45, 2.75) is 31.6 Å². The van der Waals surface area contributed by atoms with Crippen LogP contribution in [0.2, 0.25) is 0 Å². The molecule has 0 radical (unpaired) electrons. The van der Waals surface area contributed by atoms with Gasteiger partial charge in [0.15, 0.2) is 0 Å². The number of nitrogen functional groups attached to an aromatic ring is 1. The number of rotatable bonds is 1. The number of nitrogens with two attached hydrogens (primary N) is 1. The molecule has 0 aliphatic heterocycles. The molecule has 0 saturated heterocycles. The van der Waals surface area contributed by atoms with Crippen molar-refractivity contribution < 1.29 is 0 Å². The van der Waals surface area contributed by atoms with Crippen molar-refractivity contribution >= 4 is 5.82 Å². The van der Waals surface area contributed by atoms with Crippen LogP contribution < -0.4 is 5.73 Å². The first kappa shape index (κ1) is 7.42. The standard InChI is InChI=1S/C10H15N3/c11-10-5-9(12-13-10)8-4-6-1-2-7(8)3-6/h5-8H,1-4H2,(H3,11,12,13)/t6-,7+,8?/m1/s1. The molecule has 2 fully saturated rings. The summed E-state index contributed by atoms with van der Waals surface area (Å²) in [6.45, 7) is 0. The van der Waals surface area contributed by atoms with Crippen LogP contribution in [-0.2, 0) is 0 Å². The molecule has 0 aromatic carbocycles. The van der Waals surface area contributed by atoms with E-state index in [0.717, 1.165) is 17.8 Å². The number of aromatic amines is 1. The van der Waals surface area contributed by atoms with Crippen molar-refractivity contribution in [1.82, 2.24) is 10.2 Å². The van der Waals surface area contributed by atoms with Crippen LogP contribution >= 0.6 is 0 Å². The number of anilines is 1. The minimum atomic E-state index is 0.637. The van der Waals surface area contributed by atoms with Crippen LogP contribution in [-0.4, -0.2) is 10.2 Å². The van der Waals surface area contributed by atoms with Gasteiger partial charge in [0.2, 0.25) is 0 Å². The van der Waals surface area contributed by atoms with Gasteiger partial charge in [0.05, 0.1) is 0 Å². The Kier molecular flexibility index (Phi) is 1.43. The number of hydrogen-bond acceptors (Lipinski definition) is 2. The van der Waals surface area contributed by atoms with Gasteiger partial charge in [-0.25, -0.2) is 0 Å². The summed E-state index contributed by atoms with van der Waals surface area (Å²) in [4.78, 5) is 0. The molecule has 2 bridgehead atoms. The summed E-state index contributed by atoms with van der Waals surface area (Å²) >= 11 is 0. The van der Waals surface area contributed by atoms with Crippen LogP contribution in [0, 0.1) is 11.8 Å². The third-order valence-corrected chi connectivity index (χ3v) is 3.76. The smallest absolute Gasteiger partial charge is 0.145 e. The number of fused-ring (bicyclic) bond motifs is 2. The molecule has 2 aliphatic carbocycles. The van der Waals surface area contributed by atoms with Crippen LogP contribution in [0.1, 0.15) is 37.3 Å². The quantitative estimate of drug-likeness (QED) is 0.688. The summed E-state index contributed by atoms with van der Waals surface area (Å²) in [5, 5.41) is 7.05. The second kappa shape index (κ2) is 2.50. The van der Waals surface area contributed by atoms with Gasteiger partial charge >= 0.3 is 0 Å². The molecule has 1 aromatic heterocycles. The predicted molar refractivity (Wildman–Crippen MR) is 51.2 cm³/mol. The van der Waals surface area contributed by atoms with Crippen LogP contribution in [0.15, 0.2) is 6.07 Å². The van der Waals surface area contributed by atoms with E-state index in [2.05, 4.69) is 10.2 Å². The molecule has 1 heterocycles. The Morgan fingerprint density at radius 2 is 2.31 bits per heavy atom. The summed E-state index contributed by atoms with van der Waals surface area (Å²) in [5.74, 6) is 3.26. The maximum Gasteiger partial charge on any atom is 0.145 e. The van der Waals surface area contributed by atoms with E-state index in [9.17, 15) is 0 Å². The average Bonchev–Trinajstić information content (AvgIpc) is 2.77. The fourth-order valence-electron chi connectivity index (χ4n) is 3.17. The van der Waals surface area contributed by atoms with E-state index in [0.29, 0.717) is 5.82 Å². The van der Waals surface area contributed by atoms with Crippen LogP contribution in [0.25, 0.3) is 0 Å². The van der Waals surface area contributed by atoms with E-state index in [-0.39, 0.29) is 0 Å². The third-order valence-electron chi connectivity index (χ3n) is 3.76. The Bertz CT molecular complexity index is 318. The molecule has 3 rings (SSSR count). The number of nitrogens with one attached hydrogen (secondary N) is 1. The highest BCUT2D eigenvalue weighted by Crippen LogP contribution is 2.52. The summed E-state index contributed by atoms with van der Waals surface area (Å²) < 4.78 is 0. The number of nitrogens with zero attached hydrogens (tertiary/aromatic N) is 1. The lowest BCUT2D eigenvalue weighted by Crippen LogP contribution is -2.08. The molecule has 3 N–H and O–H groups in total. The summed E-state index contributed by atoms with van der Waals surface area (Å²) in [6.07, 6.45) is 5.65. The summed E-state index contributed by atoms with van der Waals surface area (Å²) in [7, 11) is 0. The first-order valence-corrected chi connectivity index (χ1v) is 5.13. The van der Waals surface area contributed by atoms with Crippen molar-refractivity contribution in [3.8, 4) is 0 Å². The van der Waals surface area contributed by atoms with Gasteiger partial charge in [0.25, 0.3) is 0 Å². The van der Waals surface area contributed by atoms with Gasteiger partial charge in [-0.05, 0) is 31.1 Å². The minimum Gasteiger partial charge on any atom is -0.382 e. The molecule has 70 valence electrons. The van der Waals surface area contributed by atoms with E-state index < -0.39 is 0 Å². The zero-order valence-electron chi connectivity index (χ0n) is 7.66. The SMILES string of the molecule is Nc1cc(C2C[C@@H]3CC[C@H]2C3)[nH]n1. The number of aromatic nitrogens is 2. The topological polar surface area (TPSA) is 54.7 Å². The molecule has 1 aromatic rings. The van der Waals surface area contributed by atoms with Gasteiger partial charge in [-0.1, -0.05) is 6.42 Å². The molecule has 2 saturated carbocycles. The van der Waals surface area contributed by atoms with Gasteiger partial charge in [-0.2, -0.15) is 5.10 Å². The van der Waals surface area contributed by atoms with Crippen LogP contribution in [0.5, 0.6) is 0 Å². The number of H-pyrrole nitrogens is 1. The van der Waals surface area contributed by atoms with Gasteiger partial charge < -0.3 is 5.73 Å². The maximum atomic E-state index is 5.60. The minimum absolute atomic E-state index is 0.637. The van der Waals surface area contributed by atoms with Crippen molar-refractivity contribution in [2.75, 3.05) is 5.73 Å². The fourth-order valence-corrected chi connectivity index (χ4v) is 3.17. The summed E-state index contributed by atoms with van der Waals surface area (Å²) in [5.41, 5.74) is 6.87. The number of hydrogen-bond donors (Lipinski definition) is 2. The largest absolute Gasteiger partial charge is 0.382 e. The van der Waals surface area contributed by atoms with Crippen molar-refractivity contribution in [3.05, 3.63) is 11.8 Å². The highest BCUT2D eigenvalue weighted by atomic mass is 15.2. The molecule has 1 unspecified atom stereocenters. The van der Waals surface area contributed by atoms with E-state index in [1.807, 2.05) is 6.07 Å². The molecule has 3 nitrogen and oxygen atoms in total. The van der Waals surface area contributed by atoms with Gasteiger partial charge in [-0.3, -0.25) is 5.10 Å². The first-order valence-electron chi connectivity index (χ1n) is 5.13. The van der Waals surface area contributed by atoms with Crippen LogP contribution in [0.3, 0.4) is 0 Å². The zero-order chi connectivity index (χ0) is 8.84. The second-order valence-corrected chi connectivity index (χ2v) is 4.53. The predicted octanol–water partition coefficient (Wildman–Crippen LogP) is 1.90. The molecular weight excluding hydrogens is 162 g/mol. The monoisotopic (exact) mass is 177 g/mol. The lowest BCUT2D eigenvalue weighted by Gasteiger charge is -2.19. The lowest BCUT2D eigenvalue weighted by molar-refractivity contribution is 0.413. The van der Waals surface area contributed by atoms with Gasteiger partial charge in [0, 0.05) is 17.7 Å². The normalized spacial score (nSPS) is 37.1. The van der Waals surface area contributed by atoms with E-state index in [1.54, 1.807) is 0 Å². The third kappa shape index (κ3) is 1.06. The van der Waals surface area contributed by atoms with E-state index in [1.165, 1.54) is 31.4 Å². The average molecular weight is 177 g/mol.